The van der Waals surface area contributed by atoms with Gasteiger partial charge in [0, 0.05) is 31.2 Å². The van der Waals surface area contributed by atoms with Gasteiger partial charge in [0.2, 0.25) is 0 Å². The maximum atomic E-state index is 13.3. The van der Waals surface area contributed by atoms with Crippen molar-refractivity contribution in [1.82, 2.24) is 10.3 Å². The van der Waals surface area contributed by atoms with Crippen molar-refractivity contribution >= 4 is 23.3 Å². The monoisotopic (exact) mass is 500 g/mol. The molecule has 0 spiro atoms. The number of hydrogen-bond acceptors (Lipinski definition) is 6. The molecule has 3 N–H and O–H groups in total. The Kier molecular flexibility index (Phi) is 8.24. The zero-order chi connectivity index (χ0) is 26.5. The van der Waals surface area contributed by atoms with Crippen LogP contribution in [0, 0.1) is 13.8 Å². The predicted molar refractivity (Wildman–Crippen MR) is 148 cm³/mol. The van der Waals surface area contributed by atoms with Crippen molar-refractivity contribution in [2.45, 2.75) is 59.0 Å². The van der Waals surface area contributed by atoms with E-state index in [2.05, 4.69) is 46.1 Å². The molecule has 3 aromatic rings. The zero-order valence-electron chi connectivity index (χ0n) is 22.3. The van der Waals surface area contributed by atoms with Crippen molar-refractivity contribution in [2.24, 2.45) is 0 Å². The number of benzene rings is 2. The molecule has 1 saturated carbocycles. The van der Waals surface area contributed by atoms with Gasteiger partial charge in [-0.1, -0.05) is 24.3 Å². The number of nitrogens with one attached hydrogen (secondary N) is 3. The highest BCUT2D eigenvalue weighted by Gasteiger charge is 2.28. The van der Waals surface area contributed by atoms with Crippen molar-refractivity contribution in [1.29, 1.82) is 0 Å². The first-order chi connectivity index (χ1) is 17.8. The standard InChI is InChI=1S/C30H36N4O3/c1-6-37-30(36)20(4)32-16-22-17-33-28(15-25(22)21-13-14-21)29(35)34-27-12-8-10-24(19(27)3)23-9-7-11-26(31-5)18(23)2/h7-12,15,17,20-21,31-32H,6,13-14,16H2,1-5H3,(H,34,35)/t20-/m0/s1. The fourth-order valence-corrected chi connectivity index (χ4v) is 4.61. The molecule has 1 heterocycles. The molecular weight excluding hydrogens is 464 g/mol. The summed E-state index contributed by atoms with van der Waals surface area (Å²) in [5.74, 6) is -0.0797. The van der Waals surface area contributed by atoms with E-state index in [0.717, 1.165) is 57.6 Å². The Morgan fingerprint density at radius 3 is 2.32 bits per heavy atom. The molecular formula is C30H36N4O3. The van der Waals surface area contributed by atoms with Crippen LogP contribution in [-0.4, -0.2) is 36.6 Å². The smallest absolute Gasteiger partial charge is 0.322 e. The largest absolute Gasteiger partial charge is 0.465 e. The molecule has 0 radical (unpaired) electrons. The van der Waals surface area contributed by atoms with Crippen LogP contribution in [0.2, 0.25) is 0 Å². The fourth-order valence-electron chi connectivity index (χ4n) is 4.61. The number of hydrogen-bond donors (Lipinski definition) is 3. The van der Waals surface area contributed by atoms with Gasteiger partial charge in [0.15, 0.2) is 0 Å². The average molecular weight is 501 g/mol. The van der Waals surface area contributed by atoms with Gasteiger partial charge in [-0.2, -0.15) is 0 Å². The van der Waals surface area contributed by atoms with Gasteiger partial charge in [0.25, 0.3) is 5.91 Å². The van der Waals surface area contributed by atoms with Crippen LogP contribution in [0.15, 0.2) is 48.7 Å². The van der Waals surface area contributed by atoms with E-state index < -0.39 is 6.04 Å². The van der Waals surface area contributed by atoms with Gasteiger partial charge >= 0.3 is 5.97 Å². The average Bonchev–Trinajstić information content (AvgIpc) is 3.74. The van der Waals surface area contributed by atoms with Crippen LogP contribution < -0.4 is 16.0 Å². The highest BCUT2D eigenvalue weighted by molar-refractivity contribution is 6.04. The molecule has 0 bridgehead atoms. The molecule has 1 aliphatic carbocycles. The molecule has 0 saturated heterocycles. The Hall–Kier alpha value is -3.71. The van der Waals surface area contributed by atoms with Gasteiger partial charge in [-0.25, -0.2) is 0 Å². The summed E-state index contributed by atoms with van der Waals surface area (Å²) in [6, 6.07) is 13.6. The second kappa shape index (κ2) is 11.6. The Labute approximate surface area is 219 Å². The van der Waals surface area contributed by atoms with Gasteiger partial charge in [-0.3, -0.25) is 14.6 Å². The summed E-state index contributed by atoms with van der Waals surface area (Å²) in [6.45, 7) is 8.56. The molecule has 1 amide bonds. The summed E-state index contributed by atoms with van der Waals surface area (Å²) in [4.78, 5) is 29.7. The van der Waals surface area contributed by atoms with Crippen LogP contribution in [0.25, 0.3) is 11.1 Å². The van der Waals surface area contributed by atoms with Crippen LogP contribution in [0.5, 0.6) is 0 Å². The zero-order valence-corrected chi connectivity index (χ0v) is 22.3. The molecule has 7 heteroatoms. The van der Waals surface area contributed by atoms with Crippen molar-refractivity contribution in [3.8, 4) is 11.1 Å². The quantitative estimate of drug-likeness (QED) is 0.315. The maximum Gasteiger partial charge on any atom is 0.322 e. The summed E-state index contributed by atoms with van der Waals surface area (Å²) in [7, 11) is 1.92. The number of ether oxygens (including phenoxy) is 1. The molecule has 4 rings (SSSR count). The molecule has 7 nitrogen and oxygen atoms in total. The number of nitrogens with zero attached hydrogens (tertiary/aromatic N) is 1. The summed E-state index contributed by atoms with van der Waals surface area (Å²) < 4.78 is 5.08. The molecule has 194 valence electrons. The number of carbonyl (C=O) groups excluding carboxylic acids is 2. The lowest BCUT2D eigenvalue weighted by molar-refractivity contribution is -0.145. The van der Waals surface area contributed by atoms with E-state index in [1.807, 2.05) is 38.2 Å². The molecule has 1 aromatic heterocycles. The number of pyridine rings is 1. The normalized spacial score (nSPS) is 13.6. The number of carbonyl (C=O) groups is 2. The second-order valence-electron chi connectivity index (χ2n) is 9.56. The van der Waals surface area contributed by atoms with Crippen LogP contribution >= 0.6 is 0 Å². The number of rotatable bonds is 10. The van der Waals surface area contributed by atoms with Crippen molar-refractivity contribution in [2.75, 3.05) is 24.3 Å². The third kappa shape index (κ3) is 6.00. The molecule has 1 aliphatic rings. The number of esters is 1. The van der Waals surface area contributed by atoms with E-state index in [-0.39, 0.29) is 11.9 Å². The van der Waals surface area contributed by atoms with E-state index in [9.17, 15) is 9.59 Å². The fraction of sp³-hybridized carbons (Fsp3) is 0.367. The van der Waals surface area contributed by atoms with Gasteiger partial charge < -0.3 is 20.7 Å². The van der Waals surface area contributed by atoms with E-state index in [4.69, 9.17) is 4.74 Å². The van der Waals surface area contributed by atoms with Crippen molar-refractivity contribution in [3.63, 3.8) is 0 Å². The number of aromatic nitrogens is 1. The molecule has 0 unspecified atom stereocenters. The van der Waals surface area contributed by atoms with Crippen LogP contribution in [-0.2, 0) is 16.1 Å². The molecule has 2 aromatic carbocycles. The van der Waals surface area contributed by atoms with E-state index in [1.165, 1.54) is 0 Å². The first kappa shape index (κ1) is 26.4. The maximum absolute atomic E-state index is 13.3. The highest BCUT2D eigenvalue weighted by atomic mass is 16.5. The van der Waals surface area contributed by atoms with E-state index in [0.29, 0.717) is 24.8 Å². The summed E-state index contributed by atoms with van der Waals surface area (Å²) in [5, 5.41) is 9.53. The van der Waals surface area contributed by atoms with Crippen LogP contribution in [0.3, 0.4) is 0 Å². The SMILES string of the molecule is CCOC(=O)[C@H](C)NCc1cnc(C(=O)Nc2cccc(-c3cccc(NC)c3C)c2C)cc1C1CC1. The lowest BCUT2D eigenvalue weighted by Crippen LogP contribution is -2.35. The van der Waals surface area contributed by atoms with Gasteiger partial charge in [0.1, 0.15) is 11.7 Å². The van der Waals surface area contributed by atoms with Crippen molar-refractivity contribution in [3.05, 3.63) is 76.6 Å². The predicted octanol–water partition coefficient (Wildman–Crippen LogP) is 5.58. The number of amides is 1. The van der Waals surface area contributed by atoms with Crippen LogP contribution in [0.4, 0.5) is 11.4 Å². The molecule has 1 atom stereocenters. The molecule has 1 fully saturated rings. The first-order valence-electron chi connectivity index (χ1n) is 12.9. The Bertz CT molecular complexity index is 1300. The summed E-state index contributed by atoms with van der Waals surface area (Å²) >= 11 is 0. The van der Waals surface area contributed by atoms with Crippen molar-refractivity contribution < 1.29 is 14.3 Å². The van der Waals surface area contributed by atoms with Crippen LogP contribution in [0.1, 0.15) is 65.3 Å². The lowest BCUT2D eigenvalue weighted by atomic mass is 9.94. The topological polar surface area (TPSA) is 92.3 Å². The minimum absolute atomic E-state index is 0.234. The van der Waals surface area contributed by atoms with Gasteiger partial charge in [-0.15, -0.1) is 0 Å². The first-order valence-corrected chi connectivity index (χ1v) is 12.9. The molecule has 37 heavy (non-hydrogen) atoms. The summed E-state index contributed by atoms with van der Waals surface area (Å²) in [6.07, 6.45) is 3.94. The van der Waals surface area contributed by atoms with Gasteiger partial charge in [-0.05, 0) is 98.0 Å². The number of anilines is 2. The minimum atomic E-state index is -0.414. The highest BCUT2D eigenvalue weighted by Crippen LogP contribution is 2.42. The van der Waals surface area contributed by atoms with Gasteiger partial charge in [0.05, 0.1) is 6.61 Å². The van der Waals surface area contributed by atoms with E-state index in [1.54, 1.807) is 20.0 Å². The Morgan fingerprint density at radius 2 is 1.70 bits per heavy atom. The third-order valence-electron chi connectivity index (χ3n) is 6.99. The Morgan fingerprint density at radius 1 is 1.05 bits per heavy atom. The Balaban J connectivity index is 1.53. The molecule has 0 aliphatic heterocycles. The lowest BCUT2D eigenvalue weighted by Gasteiger charge is -2.17. The third-order valence-corrected chi connectivity index (χ3v) is 6.99. The summed E-state index contributed by atoms with van der Waals surface area (Å²) in [5.41, 5.74) is 8.73. The minimum Gasteiger partial charge on any atom is -0.465 e. The second-order valence-corrected chi connectivity index (χ2v) is 9.56. The van der Waals surface area contributed by atoms with E-state index >= 15 is 0 Å².